The molecule has 4 rings (SSSR count). The molecule has 0 saturated heterocycles. The van der Waals surface area contributed by atoms with Crippen molar-refractivity contribution in [2.45, 2.75) is 200 Å². The van der Waals surface area contributed by atoms with Crippen LogP contribution in [0, 0.1) is 17.8 Å². The minimum Gasteiger partial charge on any atom is -0.508 e. The minimum absolute atomic E-state index is 0.0466. The van der Waals surface area contributed by atoms with Crippen molar-refractivity contribution < 1.29 is 72.9 Å². The first-order valence-corrected chi connectivity index (χ1v) is 32.8. The van der Waals surface area contributed by atoms with Gasteiger partial charge in [0.2, 0.25) is 65.0 Å². The van der Waals surface area contributed by atoms with Crippen molar-refractivity contribution in [1.82, 2.24) is 63.5 Å². The highest BCUT2D eigenvalue weighted by Crippen LogP contribution is 2.20. The van der Waals surface area contributed by atoms with Crippen LogP contribution in [0.3, 0.4) is 0 Å². The normalized spacial score (nSPS) is 15.1. The molecule has 19 N–H and O–H groups in total. The molecule has 12 atom stereocenters. The zero-order valence-corrected chi connectivity index (χ0v) is 56.9. The second-order valence-electron chi connectivity index (χ2n) is 25.8. The van der Waals surface area contributed by atoms with Crippen LogP contribution in [0.5, 0.6) is 5.75 Å². The molecule has 1 aromatic heterocycles. The van der Waals surface area contributed by atoms with Gasteiger partial charge in [-0.25, -0.2) is 4.79 Å². The summed E-state index contributed by atoms with van der Waals surface area (Å²) in [5.74, 6) is -10.7. The summed E-state index contributed by atoms with van der Waals surface area (Å²) in [6.45, 7) is 15.8. The molecule has 0 radical (unpaired) electrons. The minimum atomic E-state index is -1.39. The lowest BCUT2D eigenvalue weighted by molar-refractivity contribution is -0.142. The fourth-order valence-electron chi connectivity index (χ4n) is 10.3. The number of aliphatic hydroxyl groups is 1. The highest BCUT2D eigenvalue weighted by Gasteiger charge is 2.36. The van der Waals surface area contributed by atoms with Crippen molar-refractivity contribution in [3.63, 3.8) is 0 Å². The number of aliphatic hydroxyl groups excluding tert-OH is 1. The number of hydrogen-bond donors (Lipinski definition) is 17. The lowest BCUT2D eigenvalue weighted by atomic mass is 9.98. The summed E-state index contributed by atoms with van der Waals surface area (Å²) in [5, 5.41) is 59.2. The quantitative estimate of drug-likeness (QED) is 0.0260. The van der Waals surface area contributed by atoms with E-state index in [-0.39, 0.29) is 75.0 Å². The molecule has 0 aliphatic rings. The Bertz CT molecular complexity index is 3310. The predicted molar refractivity (Wildman–Crippen MR) is 362 cm³/mol. The Labute approximate surface area is 565 Å². The van der Waals surface area contributed by atoms with Gasteiger partial charge in [-0.2, -0.15) is 0 Å². The number of nitrogens with one attached hydrogen (secondary N) is 12. The first kappa shape index (κ1) is 80.0. The number of aliphatic carboxylic acids is 1. The third kappa shape index (κ3) is 27.3. The van der Waals surface area contributed by atoms with Crippen LogP contribution in [0.4, 0.5) is 0 Å². The van der Waals surface area contributed by atoms with E-state index in [1.165, 1.54) is 52.0 Å². The van der Waals surface area contributed by atoms with Gasteiger partial charge in [-0.15, -0.1) is 0 Å². The molecule has 97 heavy (non-hydrogen) atoms. The molecule has 0 saturated carbocycles. The molecule has 1 heterocycles. The number of unbranched alkanes of at least 4 members (excludes halogenated alkanes) is 1. The topological polar surface area (TPSA) is 466 Å². The summed E-state index contributed by atoms with van der Waals surface area (Å²) in [6.07, 6.45) is 1.15. The number of carbonyl (C=O) groups excluding carboxylic acids is 11. The van der Waals surface area contributed by atoms with Crippen molar-refractivity contribution in [3.8, 4) is 5.75 Å². The molecule has 0 unspecified atom stereocenters. The van der Waals surface area contributed by atoms with Crippen LogP contribution in [0.15, 0.2) is 85.1 Å². The number of amides is 11. The van der Waals surface area contributed by atoms with Crippen molar-refractivity contribution in [2.24, 2.45) is 29.2 Å². The highest BCUT2D eigenvalue weighted by molar-refractivity contribution is 5.99. The SMILES string of the molecule is CC(C)C[C@H](NC(=O)[C@H](CCCCN)NC(=O)[C@H](CC(C)C)NC(=O)[C@H](CC(C)C)NC(=O)[C@H](Cc1ccccc1)NC(=O)[C@H](Cc1ccc(O)cc1)NC(=O)[C@H](C)NC(=O)[C@@H](N)[C@@H](C)O)C(=O)N[C@@H](C)C(=O)NCC(=O)N[C@@H](C)C(=O)N[C@@H](Cc1c[nH]c2ccccc12)C(=O)O. The van der Waals surface area contributed by atoms with Crippen LogP contribution in [-0.4, -0.2) is 177 Å². The van der Waals surface area contributed by atoms with E-state index in [1.807, 2.05) is 45.9 Å². The van der Waals surface area contributed by atoms with Crippen LogP contribution in [-0.2, 0) is 76.8 Å². The van der Waals surface area contributed by atoms with Crippen molar-refractivity contribution in [2.75, 3.05) is 13.1 Å². The molecular formula is C68H100N14O15. The van der Waals surface area contributed by atoms with Gasteiger partial charge in [-0.1, -0.05) is 102 Å². The summed E-state index contributed by atoms with van der Waals surface area (Å²) >= 11 is 0. The molecule has 11 amide bonds. The third-order valence-electron chi connectivity index (χ3n) is 15.8. The monoisotopic (exact) mass is 1350 g/mol. The Morgan fingerprint density at radius 2 is 0.856 bits per heavy atom. The number of hydrogen-bond acceptors (Lipinski definition) is 16. The van der Waals surface area contributed by atoms with Gasteiger partial charge in [-0.05, 0) is 125 Å². The summed E-state index contributed by atoms with van der Waals surface area (Å²) in [4.78, 5) is 167. The first-order valence-electron chi connectivity index (χ1n) is 32.8. The van der Waals surface area contributed by atoms with E-state index in [0.717, 1.165) is 10.9 Å². The number of benzene rings is 3. The van der Waals surface area contributed by atoms with Gasteiger partial charge in [0.25, 0.3) is 0 Å². The Hall–Kier alpha value is -9.48. The lowest BCUT2D eigenvalue weighted by Crippen LogP contribution is -2.61. The summed E-state index contributed by atoms with van der Waals surface area (Å²) < 4.78 is 0. The van der Waals surface area contributed by atoms with Crippen LogP contribution < -0.4 is 70.0 Å². The number of carboxylic acid groups (broad SMARTS) is 1. The Kier molecular flexibility index (Phi) is 32.6. The second kappa shape index (κ2) is 39.5. The average Bonchev–Trinajstić information content (AvgIpc) is 1.79. The van der Waals surface area contributed by atoms with E-state index in [0.29, 0.717) is 29.5 Å². The fourth-order valence-corrected chi connectivity index (χ4v) is 10.3. The number of rotatable bonds is 40. The maximum Gasteiger partial charge on any atom is 0.326 e. The molecule has 0 aliphatic carbocycles. The number of para-hydroxylation sites is 1. The number of fused-ring (bicyclic) bond motifs is 1. The largest absolute Gasteiger partial charge is 0.508 e. The Morgan fingerprint density at radius 3 is 1.36 bits per heavy atom. The number of carboxylic acids is 1. The molecular weight excluding hydrogens is 1250 g/mol. The van der Waals surface area contributed by atoms with Crippen LogP contribution in [0.2, 0.25) is 0 Å². The lowest BCUT2D eigenvalue weighted by Gasteiger charge is -2.29. The number of phenolic OH excluding ortho intramolecular Hbond substituents is 1. The summed E-state index contributed by atoms with van der Waals surface area (Å²) in [6, 6.07) is 7.43. The molecule has 0 fully saturated rings. The summed E-state index contributed by atoms with van der Waals surface area (Å²) in [7, 11) is 0. The number of nitrogens with two attached hydrogens (primary N) is 2. The number of aromatic nitrogens is 1. The highest BCUT2D eigenvalue weighted by atomic mass is 16.4. The average molecular weight is 1350 g/mol. The molecule has 29 heteroatoms. The number of aromatic amines is 1. The zero-order chi connectivity index (χ0) is 72.2. The van der Waals surface area contributed by atoms with Crippen LogP contribution in [0.25, 0.3) is 10.9 Å². The number of carbonyl (C=O) groups is 12. The van der Waals surface area contributed by atoms with E-state index in [1.54, 1.807) is 56.4 Å². The second-order valence-corrected chi connectivity index (χ2v) is 25.8. The molecule has 0 spiro atoms. The van der Waals surface area contributed by atoms with E-state index >= 15 is 0 Å². The maximum atomic E-state index is 14.7. The van der Waals surface area contributed by atoms with Crippen molar-refractivity contribution in [1.29, 1.82) is 0 Å². The van der Waals surface area contributed by atoms with Gasteiger partial charge in [-0.3, -0.25) is 52.7 Å². The number of phenols is 1. The van der Waals surface area contributed by atoms with Crippen molar-refractivity contribution in [3.05, 3.63) is 102 Å². The van der Waals surface area contributed by atoms with E-state index < -0.39 is 150 Å². The van der Waals surface area contributed by atoms with E-state index in [2.05, 4.69) is 63.5 Å². The van der Waals surface area contributed by atoms with E-state index in [9.17, 15) is 72.9 Å². The smallest absolute Gasteiger partial charge is 0.326 e. The molecule has 3 aromatic carbocycles. The Morgan fingerprint density at radius 1 is 0.443 bits per heavy atom. The standard InChI is InChI=1S/C68H100N14O15/c1-36(2)28-50(62(90)74-39(7)58(86)72-35-56(85)73-40(8)59(87)82-55(68(96)97)33-45-34-71-48-21-15-14-20-47(45)48)78-61(89)49(22-16-17-27-69)76-63(91)51(29-37(3)4)79-64(92)52(30-38(5)6)80-66(94)54(31-43-18-12-11-13-19-43)81-65(93)53(32-44-23-25-46(84)26-24-44)77-60(88)41(9)75-67(95)57(70)42(10)83/h11-15,18-21,23-26,34,36-42,49-55,57,71,83-84H,16-17,22,27-33,35,69-70H2,1-10H3,(H,72,86)(H,73,85)(H,74,90)(H,75,95)(H,76,91)(H,77,88)(H,78,89)(H,79,92)(H,80,94)(H,81,93)(H,82,87)(H,96,97)/t39-,40-,41-,42+,49-,50-,51-,52-,53-,54-,55-,57-/m0/s1. The summed E-state index contributed by atoms with van der Waals surface area (Å²) in [5.41, 5.74) is 14.2. The maximum absolute atomic E-state index is 14.7. The molecule has 0 bridgehead atoms. The molecule has 0 aliphatic heterocycles. The van der Waals surface area contributed by atoms with Gasteiger partial charge < -0.3 is 90.3 Å². The van der Waals surface area contributed by atoms with E-state index in [4.69, 9.17) is 11.5 Å². The van der Waals surface area contributed by atoms with Gasteiger partial charge in [0.05, 0.1) is 12.6 Å². The van der Waals surface area contributed by atoms with Crippen LogP contribution >= 0.6 is 0 Å². The molecule has 29 nitrogen and oxygen atoms in total. The fraction of sp³-hybridized carbons (Fsp3) is 0.529. The van der Waals surface area contributed by atoms with Gasteiger partial charge >= 0.3 is 5.97 Å². The molecule has 532 valence electrons. The number of aromatic hydroxyl groups is 1. The van der Waals surface area contributed by atoms with Crippen LogP contribution in [0.1, 0.15) is 124 Å². The number of H-pyrrole nitrogens is 1. The molecule has 4 aromatic rings. The van der Waals surface area contributed by atoms with Crippen molar-refractivity contribution >= 4 is 81.9 Å². The van der Waals surface area contributed by atoms with Gasteiger partial charge in [0, 0.05) is 36.4 Å². The predicted octanol–water partition coefficient (Wildman–Crippen LogP) is -0.0147. The van der Waals surface area contributed by atoms with Gasteiger partial charge in [0.15, 0.2) is 0 Å². The third-order valence-corrected chi connectivity index (χ3v) is 15.8. The Balaban J connectivity index is 1.48. The van der Waals surface area contributed by atoms with Gasteiger partial charge in [0.1, 0.15) is 72.2 Å². The first-order chi connectivity index (χ1) is 45.8. The zero-order valence-electron chi connectivity index (χ0n) is 56.9.